The molecule has 804 valence electrons. The molecule has 0 radical (unpaired) electrons. The number of ether oxygens (including phenoxy) is 11. The summed E-state index contributed by atoms with van der Waals surface area (Å²) in [4.78, 5) is 23.8. The molecule has 1 unspecified atom stereocenters. The van der Waals surface area contributed by atoms with Gasteiger partial charge in [-0.2, -0.15) is 0 Å². The smallest absolute Gasteiger partial charge is 0.120 e. The van der Waals surface area contributed by atoms with Crippen LogP contribution in [0.3, 0.4) is 0 Å². The van der Waals surface area contributed by atoms with E-state index in [9.17, 15) is 8.78 Å². The van der Waals surface area contributed by atoms with E-state index in [4.69, 9.17) is 52.1 Å². The molecule has 0 saturated carbocycles. The maximum atomic E-state index is 13.7. The highest BCUT2D eigenvalue weighted by Gasteiger charge is 2.36. The third kappa shape index (κ3) is 73.1. The Morgan fingerprint density at radius 1 is 0.269 bits per heavy atom. The minimum Gasteiger partial charge on any atom is -0.380 e. The van der Waals surface area contributed by atoms with Crippen molar-refractivity contribution in [3.05, 3.63) is 0 Å². The number of alkyl halides is 2. The normalized spacial score (nSPS) is 27.0. The number of likely N-dealkylation sites (N-methyl/N-ethyl adjacent to an activating group) is 5. The van der Waals surface area contributed by atoms with Gasteiger partial charge in [0.1, 0.15) is 11.3 Å². The summed E-state index contributed by atoms with van der Waals surface area (Å²) in [5.74, 6) is 4.22. The molecule has 23 heteroatoms. The van der Waals surface area contributed by atoms with Crippen LogP contribution < -0.4 is 0 Å². The Hall–Kier alpha value is -0.980. The van der Waals surface area contributed by atoms with Gasteiger partial charge in [0.25, 0.3) is 0 Å². The molecule has 0 amide bonds. The van der Waals surface area contributed by atoms with Gasteiger partial charge in [-0.3, -0.25) is 9.80 Å². The fourth-order valence-electron chi connectivity index (χ4n) is 17.6. The van der Waals surface area contributed by atoms with E-state index in [-0.39, 0.29) is 56.0 Å². The first-order valence-corrected chi connectivity index (χ1v) is 53.5. The second-order valence-electron chi connectivity index (χ2n) is 52.5. The lowest BCUT2D eigenvalue weighted by Crippen LogP contribution is -2.45. The third-order valence-corrected chi connectivity index (χ3v) is 25.9. The highest BCUT2D eigenvalue weighted by molar-refractivity contribution is 4.89. The number of hydrogen-bond acceptors (Lipinski definition) is 21. The fraction of sp³-hybridized carbons (Fsp3) is 1.00. The van der Waals surface area contributed by atoms with E-state index < -0.39 is 11.3 Å². The maximum Gasteiger partial charge on any atom is 0.120 e. The van der Waals surface area contributed by atoms with Crippen molar-refractivity contribution >= 4 is 0 Å². The molecule has 0 aromatic rings. The van der Waals surface area contributed by atoms with Crippen LogP contribution in [0.4, 0.5) is 8.78 Å². The summed E-state index contributed by atoms with van der Waals surface area (Å²) < 4.78 is 89.9. The summed E-state index contributed by atoms with van der Waals surface area (Å²) in [6.07, 6.45) is 19.0. The second kappa shape index (κ2) is 62.8. The Kier molecular flexibility index (Phi) is 61.4. The van der Waals surface area contributed by atoms with Crippen molar-refractivity contribution in [2.75, 3.05) is 240 Å². The summed E-state index contributed by atoms with van der Waals surface area (Å²) in [6, 6.07) is 3.09. The first kappa shape index (κ1) is 131. The number of rotatable bonds is 25. The predicted molar refractivity (Wildman–Crippen MR) is 566 cm³/mol. The molecule has 0 aliphatic carbocycles. The van der Waals surface area contributed by atoms with Crippen molar-refractivity contribution in [2.45, 2.75) is 456 Å². The molecule has 0 N–H and O–H groups in total. The first-order chi connectivity index (χ1) is 61.2. The molecular formula is C111H230F2N10O11. The molecule has 21 nitrogen and oxygen atoms in total. The molecule has 10 aliphatic rings. The van der Waals surface area contributed by atoms with Crippen molar-refractivity contribution in [3.8, 4) is 0 Å². The Morgan fingerprint density at radius 2 is 0.582 bits per heavy atom. The summed E-state index contributed by atoms with van der Waals surface area (Å²) in [5.41, 5.74) is -2.02. The first-order valence-electron chi connectivity index (χ1n) is 53.5. The molecule has 10 rings (SSSR count). The number of halogens is 2. The molecule has 10 fully saturated rings. The lowest BCUT2D eigenvalue weighted by molar-refractivity contribution is -0.0329. The molecule has 134 heavy (non-hydrogen) atoms. The summed E-state index contributed by atoms with van der Waals surface area (Å²) in [6.45, 7) is 105. The van der Waals surface area contributed by atoms with Gasteiger partial charge in [-0.1, -0.05) is 27.7 Å². The Morgan fingerprint density at radius 3 is 0.888 bits per heavy atom. The standard InChI is InChI=1S/2C12H24FNO.C12H25NO.C11H23NO2.4C11H23NO.2C10H21NO/c1-11(2,3)15-10-9-14-7-5-12(4,13)6-8-14;1-11(2,3)15-9-8-14-7-5-6-12(4,13)10-14;1-11-5-7-13(8-6-11)9-10-14-12(2,3)4;1-11(2,3)14-8-9-6-10(13-5)7-12(9)4;2*1-9-6-10(12(5)7-9)8-13-11(2,3)4;1-10-5-6-12(9-10)7-8-13-11(2,3)4;1-11(2,3)13-9-10-6-5-7-12(4)8-10;2*1-10(2,3)12-8-9-6-5-7-11(9)4/h2*5-10H2,1-4H3;11H,5-10H2,1-4H3;9-10H,6-8H2,1-5H3;2*9-10H,6-8H2,1-5H3;2*10H,5-9H2,1-4H3;2*9H,5-8H2,1-4H3/t;;;3*9-,10-;2*10-;2*9-/m...0000010/s1. The van der Waals surface area contributed by atoms with E-state index >= 15 is 0 Å². The van der Waals surface area contributed by atoms with E-state index in [2.05, 4.69) is 306 Å². The molecular weight excluding hydrogens is 1690 g/mol. The van der Waals surface area contributed by atoms with Crippen LogP contribution in [0.2, 0.25) is 0 Å². The van der Waals surface area contributed by atoms with Crippen LogP contribution in [-0.4, -0.2) is 392 Å². The molecule has 0 bridgehead atoms. The van der Waals surface area contributed by atoms with E-state index in [0.717, 1.165) is 154 Å². The number of likely N-dealkylation sites (tertiary alicyclic amines) is 10. The van der Waals surface area contributed by atoms with Gasteiger partial charge < -0.3 is 91.3 Å². The number of hydrogen-bond donors (Lipinski definition) is 0. The average molecular weight is 1920 g/mol. The van der Waals surface area contributed by atoms with Crippen LogP contribution in [0.5, 0.6) is 0 Å². The number of nitrogens with zero attached hydrogens (tertiary/aromatic N) is 10. The van der Waals surface area contributed by atoms with Crippen molar-refractivity contribution < 1.29 is 60.9 Å². The van der Waals surface area contributed by atoms with Crippen LogP contribution in [-0.2, 0) is 52.1 Å². The van der Waals surface area contributed by atoms with E-state index in [1.807, 2.05) is 20.8 Å². The number of piperidine rings is 4. The lowest BCUT2D eigenvalue weighted by Gasteiger charge is -2.35. The van der Waals surface area contributed by atoms with Crippen molar-refractivity contribution in [2.24, 2.45) is 29.6 Å². The Balaban J connectivity index is 0.000000745. The van der Waals surface area contributed by atoms with E-state index in [1.165, 1.54) is 136 Å². The Labute approximate surface area is 830 Å². The second-order valence-corrected chi connectivity index (χ2v) is 52.5. The quantitative estimate of drug-likeness (QED) is 0.0857. The van der Waals surface area contributed by atoms with E-state index in [1.54, 1.807) is 21.0 Å². The highest BCUT2D eigenvalue weighted by atomic mass is 19.1. The van der Waals surface area contributed by atoms with Crippen LogP contribution >= 0.6 is 0 Å². The fourth-order valence-corrected chi connectivity index (χ4v) is 17.6. The van der Waals surface area contributed by atoms with Gasteiger partial charge in [-0.25, -0.2) is 8.78 Å². The van der Waals surface area contributed by atoms with Gasteiger partial charge in [0.15, 0.2) is 0 Å². The molecule has 11 atom stereocenters. The van der Waals surface area contributed by atoms with Gasteiger partial charge in [0, 0.05) is 116 Å². The lowest BCUT2D eigenvalue weighted by atomic mass is 9.96. The zero-order valence-electron chi connectivity index (χ0n) is 96.9. The molecule has 0 aromatic heterocycles. The topological polar surface area (TPSA) is 134 Å². The minimum absolute atomic E-state index is 0.00662. The summed E-state index contributed by atoms with van der Waals surface area (Å²) >= 11 is 0. The van der Waals surface area contributed by atoms with Crippen LogP contribution in [0, 0.1) is 29.6 Å². The largest absolute Gasteiger partial charge is 0.380 e. The molecule has 0 spiro atoms. The highest BCUT2D eigenvalue weighted by Crippen LogP contribution is 2.31. The van der Waals surface area contributed by atoms with Crippen LogP contribution in [0.25, 0.3) is 0 Å². The van der Waals surface area contributed by atoms with Gasteiger partial charge in [-0.15, -0.1) is 0 Å². The van der Waals surface area contributed by atoms with Crippen LogP contribution in [0.1, 0.15) is 352 Å². The summed E-state index contributed by atoms with van der Waals surface area (Å²) in [7, 11) is 14.9. The predicted octanol–water partition coefficient (Wildman–Crippen LogP) is 21.7. The van der Waals surface area contributed by atoms with Gasteiger partial charge in [0.05, 0.1) is 128 Å². The maximum absolute atomic E-state index is 13.7. The zero-order valence-corrected chi connectivity index (χ0v) is 96.9. The minimum atomic E-state index is -1.00. The monoisotopic (exact) mass is 1920 g/mol. The molecule has 10 heterocycles. The van der Waals surface area contributed by atoms with Crippen molar-refractivity contribution in [1.29, 1.82) is 0 Å². The average Bonchev–Trinajstić information content (AvgIpc) is 1.64. The summed E-state index contributed by atoms with van der Waals surface area (Å²) in [5, 5.41) is 0. The zero-order chi connectivity index (χ0) is 103. The molecule has 10 saturated heterocycles. The third-order valence-electron chi connectivity index (χ3n) is 25.9. The van der Waals surface area contributed by atoms with Crippen molar-refractivity contribution in [1.82, 2.24) is 49.0 Å². The number of methoxy groups -OCH3 is 1. The molecule has 10 aliphatic heterocycles. The Bertz CT molecular complexity index is 2820. The van der Waals surface area contributed by atoms with Crippen molar-refractivity contribution in [3.63, 3.8) is 0 Å². The molecule has 0 aromatic carbocycles. The van der Waals surface area contributed by atoms with Gasteiger partial charge in [-0.05, 0) is 442 Å². The van der Waals surface area contributed by atoms with Crippen LogP contribution in [0.15, 0.2) is 0 Å². The van der Waals surface area contributed by atoms with Gasteiger partial charge in [0.2, 0.25) is 0 Å². The van der Waals surface area contributed by atoms with Gasteiger partial charge >= 0.3 is 0 Å². The SMILES string of the molecule is CC1(F)CCCN(CCOC(C)(C)C)C1.CC1(F)CCN(CCOC(C)(C)C)CC1.CC1CCN(CCOC(C)(C)C)CC1.CN1CCC[C@@H]1COC(C)(C)C.CN1CCC[C@H](COC(C)(C)C)C1.CN1CCC[C@H]1COC(C)(C)C.CO[C@H]1C[C@@H](COC(C)(C)C)N(C)C1.C[C@H]1CCN(CCOC(C)(C)C)C1.C[C@H]1C[C@@H](COC(C)(C)C)N(C)C1.C[C@H]1C[C@@H](COC(C)(C)C)N(C)C1. The van der Waals surface area contributed by atoms with E-state index in [0.29, 0.717) is 68.7 Å².